The van der Waals surface area contributed by atoms with E-state index < -0.39 is 0 Å². The van der Waals surface area contributed by atoms with Gasteiger partial charge < -0.3 is 10.1 Å². The third-order valence-electron chi connectivity index (χ3n) is 4.94. The molecule has 0 spiro atoms. The fourth-order valence-electron chi connectivity index (χ4n) is 3.42. The molecule has 4 rings (SSSR count). The van der Waals surface area contributed by atoms with Gasteiger partial charge in [-0.3, -0.25) is 9.48 Å². The molecule has 0 aliphatic heterocycles. The SMILES string of the molecule is O=C(COc1ccccc1Cc1ccccc1)NC(Cn1cncn1)c1ccccc1. The number of hydrogen-bond donors (Lipinski definition) is 1. The van der Waals surface area contributed by atoms with Crippen molar-refractivity contribution in [2.45, 2.75) is 19.0 Å². The molecule has 1 atom stereocenters. The molecule has 3 aromatic carbocycles. The molecule has 0 aliphatic carbocycles. The molecule has 6 nitrogen and oxygen atoms in total. The van der Waals surface area contributed by atoms with Crippen LogP contribution in [0.25, 0.3) is 0 Å². The summed E-state index contributed by atoms with van der Waals surface area (Å²) in [6, 6.07) is 27.6. The van der Waals surface area contributed by atoms with Crippen LogP contribution < -0.4 is 10.1 Å². The van der Waals surface area contributed by atoms with Crippen LogP contribution in [0, 0.1) is 0 Å². The Morgan fingerprint density at radius 1 is 0.935 bits per heavy atom. The van der Waals surface area contributed by atoms with E-state index in [2.05, 4.69) is 27.5 Å². The molecule has 1 aromatic heterocycles. The van der Waals surface area contributed by atoms with Crippen molar-refractivity contribution in [3.8, 4) is 5.75 Å². The number of ether oxygens (including phenoxy) is 1. The van der Waals surface area contributed by atoms with E-state index in [1.807, 2.05) is 72.8 Å². The predicted molar refractivity (Wildman–Crippen MR) is 119 cm³/mol. The Morgan fingerprint density at radius 2 is 1.65 bits per heavy atom. The van der Waals surface area contributed by atoms with Crippen LogP contribution in [0.4, 0.5) is 0 Å². The second kappa shape index (κ2) is 10.2. The van der Waals surface area contributed by atoms with Gasteiger partial charge in [0, 0.05) is 6.42 Å². The quantitative estimate of drug-likeness (QED) is 0.454. The van der Waals surface area contributed by atoms with E-state index in [9.17, 15) is 4.79 Å². The minimum atomic E-state index is -0.237. The molecule has 156 valence electrons. The van der Waals surface area contributed by atoms with Crippen LogP contribution in [-0.2, 0) is 17.8 Å². The lowest BCUT2D eigenvalue weighted by atomic mass is 10.0. The molecular formula is C25H24N4O2. The first kappa shape index (κ1) is 20.3. The second-order valence-electron chi connectivity index (χ2n) is 7.21. The average Bonchev–Trinajstić information content (AvgIpc) is 3.33. The smallest absolute Gasteiger partial charge is 0.258 e. The first-order valence-electron chi connectivity index (χ1n) is 10.2. The largest absolute Gasteiger partial charge is 0.483 e. The van der Waals surface area contributed by atoms with Gasteiger partial charge in [-0.15, -0.1) is 0 Å². The van der Waals surface area contributed by atoms with Crippen molar-refractivity contribution in [2.75, 3.05) is 6.61 Å². The molecule has 0 saturated heterocycles. The zero-order valence-corrected chi connectivity index (χ0v) is 17.1. The number of amides is 1. The summed E-state index contributed by atoms with van der Waals surface area (Å²) in [5.41, 5.74) is 3.24. The molecule has 0 saturated carbocycles. The minimum Gasteiger partial charge on any atom is -0.483 e. The Kier molecular flexibility index (Phi) is 6.70. The summed E-state index contributed by atoms with van der Waals surface area (Å²) in [7, 11) is 0. The van der Waals surface area contributed by atoms with E-state index in [1.165, 1.54) is 11.9 Å². The molecule has 6 heteroatoms. The molecule has 4 aromatic rings. The van der Waals surface area contributed by atoms with Gasteiger partial charge in [-0.1, -0.05) is 78.9 Å². The maximum absolute atomic E-state index is 12.7. The molecule has 1 heterocycles. The maximum Gasteiger partial charge on any atom is 0.258 e. The number of hydrogen-bond acceptors (Lipinski definition) is 4. The fraction of sp³-hybridized carbons (Fsp3) is 0.160. The van der Waals surface area contributed by atoms with E-state index in [4.69, 9.17) is 4.74 Å². The van der Waals surface area contributed by atoms with Gasteiger partial charge in [-0.05, 0) is 22.8 Å². The Labute approximate surface area is 181 Å². The number of carbonyl (C=O) groups excluding carboxylic acids is 1. The number of nitrogens with zero attached hydrogens (tertiary/aromatic N) is 3. The highest BCUT2D eigenvalue weighted by Crippen LogP contribution is 2.21. The number of aromatic nitrogens is 3. The Hall–Kier alpha value is -3.93. The van der Waals surface area contributed by atoms with E-state index >= 15 is 0 Å². The predicted octanol–water partition coefficient (Wildman–Crippen LogP) is 3.81. The summed E-state index contributed by atoms with van der Waals surface area (Å²) in [5, 5.41) is 7.22. The summed E-state index contributed by atoms with van der Waals surface area (Å²) in [5.74, 6) is 0.525. The highest BCUT2D eigenvalue weighted by Gasteiger charge is 2.16. The van der Waals surface area contributed by atoms with Crippen molar-refractivity contribution in [1.29, 1.82) is 0 Å². The Balaban J connectivity index is 1.41. The van der Waals surface area contributed by atoms with Gasteiger partial charge >= 0.3 is 0 Å². The van der Waals surface area contributed by atoms with Crippen molar-refractivity contribution in [3.63, 3.8) is 0 Å². The maximum atomic E-state index is 12.7. The van der Waals surface area contributed by atoms with Gasteiger partial charge in [0.15, 0.2) is 6.61 Å². The Morgan fingerprint density at radius 3 is 2.39 bits per heavy atom. The fourth-order valence-corrected chi connectivity index (χ4v) is 3.42. The summed E-state index contributed by atoms with van der Waals surface area (Å²) in [6.45, 7) is 0.423. The number of carbonyl (C=O) groups is 1. The van der Waals surface area contributed by atoms with E-state index in [0.717, 1.165) is 17.5 Å². The highest BCUT2D eigenvalue weighted by atomic mass is 16.5. The molecule has 0 fully saturated rings. The number of rotatable bonds is 9. The van der Waals surface area contributed by atoms with Crippen LogP contribution in [0.2, 0.25) is 0 Å². The first-order chi connectivity index (χ1) is 15.3. The third kappa shape index (κ3) is 5.79. The van der Waals surface area contributed by atoms with Crippen LogP contribution in [0.1, 0.15) is 22.7 Å². The van der Waals surface area contributed by atoms with E-state index in [1.54, 1.807) is 11.0 Å². The van der Waals surface area contributed by atoms with E-state index in [0.29, 0.717) is 12.3 Å². The minimum absolute atomic E-state index is 0.0630. The summed E-state index contributed by atoms with van der Waals surface area (Å²) in [6.07, 6.45) is 3.87. The molecule has 0 aliphatic rings. The topological polar surface area (TPSA) is 69.0 Å². The second-order valence-corrected chi connectivity index (χ2v) is 7.21. The number of benzene rings is 3. The van der Waals surface area contributed by atoms with Crippen LogP contribution in [0.5, 0.6) is 5.75 Å². The summed E-state index contributed by atoms with van der Waals surface area (Å²) >= 11 is 0. The zero-order valence-electron chi connectivity index (χ0n) is 17.1. The summed E-state index contributed by atoms with van der Waals surface area (Å²) in [4.78, 5) is 16.7. The summed E-state index contributed by atoms with van der Waals surface area (Å²) < 4.78 is 7.60. The lowest BCUT2D eigenvalue weighted by Crippen LogP contribution is -2.35. The molecule has 0 radical (unpaired) electrons. The zero-order chi connectivity index (χ0) is 21.3. The molecule has 31 heavy (non-hydrogen) atoms. The van der Waals surface area contributed by atoms with Crippen molar-refractivity contribution in [3.05, 3.63) is 114 Å². The monoisotopic (exact) mass is 412 g/mol. The van der Waals surface area contributed by atoms with Crippen molar-refractivity contribution in [1.82, 2.24) is 20.1 Å². The van der Waals surface area contributed by atoms with Gasteiger partial charge in [-0.25, -0.2) is 4.98 Å². The van der Waals surface area contributed by atoms with E-state index in [-0.39, 0.29) is 18.6 Å². The lowest BCUT2D eigenvalue weighted by molar-refractivity contribution is -0.124. The standard InChI is InChI=1S/C25H24N4O2/c30-25(28-23(16-29-19-26-18-27-29)21-11-5-2-6-12-21)17-31-24-14-8-7-13-22(24)15-20-9-3-1-4-10-20/h1-14,18-19,23H,15-17H2,(H,28,30). The van der Waals surface area contributed by atoms with Crippen molar-refractivity contribution < 1.29 is 9.53 Å². The van der Waals surface area contributed by atoms with Gasteiger partial charge in [0.2, 0.25) is 0 Å². The van der Waals surface area contributed by atoms with Crippen LogP contribution in [0.15, 0.2) is 97.6 Å². The molecular weight excluding hydrogens is 388 g/mol. The van der Waals surface area contributed by atoms with Crippen LogP contribution in [0.3, 0.4) is 0 Å². The number of nitrogens with one attached hydrogen (secondary N) is 1. The van der Waals surface area contributed by atoms with Gasteiger partial charge in [0.1, 0.15) is 18.4 Å². The number of para-hydroxylation sites is 1. The molecule has 0 bridgehead atoms. The van der Waals surface area contributed by atoms with Gasteiger partial charge in [-0.2, -0.15) is 5.10 Å². The highest BCUT2D eigenvalue weighted by molar-refractivity contribution is 5.78. The van der Waals surface area contributed by atoms with Gasteiger partial charge in [0.25, 0.3) is 5.91 Å². The van der Waals surface area contributed by atoms with Crippen molar-refractivity contribution in [2.24, 2.45) is 0 Å². The molecule has 1 N–H and O–H groups in total. The third-order valence-corrected chi connectivity index (χ3v) is 4.94. The van der Waals surface area contributed by atoms with Gasteiger partial charge in [0.05, 0.1) is 12.6 Å². The van der Waals surface area contributed by atoms with Crippen LogP contribution >= 0.6 is 0 Å². The Bertz CT molecular complexity index is 1080. The molecule has 1 unspecified atom stereocenters. The molecule has 1 amide bonds. The lowest BCUT2D eigenvalue weighted by Gasteiger charge is -2.19. The first-order valence-corrected chi connectivity index (χ1v) is 10.2. The van der Waals surface area contributed by atoms with Crippen molar-refractivity contribution >= 4 is 5.91 Å². The average molecular weight is 412 g/mol. The van der Waals surface area contributed by atoms with Crippen LogP contribution in [-0.4, -0.2) is 27.3 Å². The normalized spacial score (nSPS) is 11.6.